The quantitative estimate of drug-likeness (QED) is 0.397. The number of carboxylic acids is 1. The summed E-state index contributed by atoms with van der Waals surface area (Å²) >= 11 is 1.15. The molecule has 2 amide bonds. The molecule has 40 heavy (non-hydrogen) atoms. The Bertz CT molecular complexity index is 1370. The van der Waals surface area contributed by atoms with Gasteiger partial charge in [0.1, 0.15) is 11.0 Å². The molecule has 5 rings (SSSR count). The maximum Gasteiger partial charge on any atom is 0.490 e. The van der Waals surface area contributed by atoms with Gasteiger partial charge in [-0.1, -0.05) is 12.1 Å². The van der Waals surface area contributed by atoms with E-state index in [0.717, 1.165) is 66.5 Å². The van der Waals surface area contributed by atoms with E-state index in [2.05, 4.69) is 43.5 Å². The molecule has 3 aromatic rings. The molecule has 216 valence electrons. The van der Waals surface area contributed by atoms with Gasteiger partial charge in [0.15, 0.2) is 11.5 Å². The molecule has 0 bridgehead atoms. The summed E-state index contributed by atoms with van der Waals surface area (Å²) in [6.45, 7) is 1.04. The molecule has 1 aliphatic carbocycles. The summed E-state index contributed by atoms with van der Waals surface area (Å²) in [5, 5.41) is 13.3. The van der Waals surface area contributed by atoms with Crippen molar-refractivity contribution < 1.29 is 37.3 Å². The van der Waals surface area contributed by atoms with Crippen LogP contribution in [0.3, 0.4) is 0 Å². The lowest BCUT2D eigenvalue weighted by atomic mass is 9.65. The summed E-state index contributed by atoms with van der Waals surface area (Å²) in [4.78, 5) is 24.1. The molecule has 0 radical (unpaired) electrons. The number of likely N-dealkylation sites (tertiary alicyclic amines) is 1. The fraction of sp³-hybridized carbons (Fsp3) is 0.462. The second kappa shape index (κ2) is 11.8. The fourth-order valence-electron chi connectivity index (χ4n) is 5.65. The predicted molar refractivity (Wildman–Crippen MR) is 143 cm³/mol. The first-order chi connectivity index (χ1) is 19.0. The third-order valence-corrected chi connectivity index (χ3v) is 8.14. The first-order valence-electron chi connectivity index (χ1n) is 12.5. The highest BCUT2D eigenvalue weighted by atomic mass is 32.1. The van der Waals surface area contributed by atoms with Crippen LogP contribution >= 0.6 is 11.7 Å². The third kappa shape index (κ3) is 6.07. The van der Waals surface area contributed by atoms with Gasteiger partial charge in [0.05, 0.1) is 31.6 Å². The second-order valence-corrected chi connectivity index (χ2v) is 10.3. The lowest BCUT2D eigenvalue weighted by Crippen LogP contribution is -2.52. The molecule has 2 heterocycles. The minimum Gasteiger partial charge on any atom is -0.493 e. The van der Waals surface area contributed by atoms with Crippen molar-refractivity contribution in [3.8, 4) is 11.5 Å². The number of urea groups is 1. The molecular formula is C26H30F3N5O5S. The van der Waals surface area contributed by atoms with Crippen LogP contribution in [0.25, 0.3) is 11.0 Å². The monoisotopic (exact) mass is 581 g/mol. The molecule has 2 aliphatic rings. The van der Waals surface area contributed by atoms with Gasteiger partial charge < -0.3 is 30.1 Å². The summed E-state index contributed by atoms with van der Waals surface area (Å²) < 4.78 is 51.3. The number of rotatable bonds is 5. The predicted octanol–water partition coefficient (Wildman–Crippen LogP) is 4.66. The van der Waals surface area contributed by atoms with Gasteiger partial charge in [0, 0.05) is 17.5 Å². The highest BCUT2D eigenvalue weighted by molar-refractivity contribution is 7.00. The molecule has 2 aromatic carbocycles. The number of methoxy groups -OCH3 is 2. The van der Waals surface area contributed by atoms with Crippen LogP contribution in [-0.2, 0) is 10.2 Å². The van der Waals surface area contributed by atoms with Crippen LogP contribution < -0.4 is 20.1 Å². The zero-order chi connectivity index (χ0) is 29.1. The van der Waals surface area contributed by atoms with Gasteiger partial charge >= 0.3 is 18.2 Å². The lowest BCUT2D eigenvalue weighted by molar-refractivity contribution is -0.192. The van der Waals surface area contributed by atoms with E-state index in [4.69, 9.17) is 19.4 Å². The van der Waals surface area contributed by atoms with Crippen molar-refractivity contribution in [1.82, 2.24) is 19.0 Å². The van der Waals surface area contributed by atoms with Crippen molar-refractivity contribution in [1.29, 1.82) is 0 Å². The SMILES string of the molecule is COc1ccc(C23CCC(NC(=O)Nc4cccc5nsnc45)CC2N(C)CC3)cc1OC.O=C(O)C(F)(F)F. The van der Waals surface area contributed by atoms with Crippen LogP contribution in [0.15, 0.2) is 36.4 Å². The number of nitrogens with zero attached hydrogens (tertiary/aromatic N) is 3. The van der Waals surface area contributed by atoms with E-state index >= 15 is 0 Å². The number of amides is 2. The minimum atomic E-state index is -5.08. The molecule has 0 spiro atoms. The largest absolute Gasteiger partial charge is 0.493 e. The Hall–Kier alpha value is -3.65. The highest BCUT2D eigenvalue weighted by Crippen LogP contribution is 2.49. The van der Waals surface area contributed by atoms with Crippen LogP contribution in [0.5, 0.6) is 11.5 Å². The average Bonchev–Trinajstić information content (AvgIpc) is 3.54. The van der Waals surface area contributed by atoms with Crippen LogP contribution in [-0.4, -0.2) is 76.8 Å². The number of likely N-dealkylation sites (N-methyl/N-ethyl adjacent to an activating group) is 1. The number of aliphatic carboxylic acids is 1. The molecular weight excluding hydrogens is 551 g/mol. The van der Waals surface area contributed by atoms with Gasteiger partial charge in [-0.15, -0.1) is 0 Å². The second-order valence-electron chi connectivity index (χ2n) is 9.78. The maximum atomic E-state index is 12.8. The Morgan fingerprint density at radius 2 is 1.85 bits per heavy atom. The minimum absolute atomic E-state index is 0.0564. The number of hydrogen-bond donors (Lipinski definition) is 3. The van der Waals surface area contributed by atoms with Gasteiger partial charge in [0.2, 0.25) is 0 Å². The number of carbonyl (C=O) groups is 2. The van der Waals surface area contributed by atoms with Gasteiger partial charge in [-0.2, -0.15) is 21.9 Å². The first kappa shape index (κ1) is 29.3. The average molecular weight is 582 g/mol. The molecule has 2 fully saturated rings. The standard InChI is InChI=1S/C24H29N5O3S.C2HF3O2/c1-29-12-11-24(15-7-8-19(31-2)20(13-15)32-3)10-9-16(14-21(24)29)25-23(30)26-17-5-4-6-18-22(17)28-33-27-18;3-2(4,5)1(6)7/h4-8,13,16,21H,9-12,14H2,1-3H3,(H2,25,26,30);(H,6,7). The number of fused-ring (bicyclic) bond motifs is 2. The van der Waals surface area contributed by atoms with Crippen LogP contribution in [0.1, 0.15) is 31.2 Å². The number of hydrogen-bond acceptors (Lipinski definition) is 8. The van der Waals surface area contributed by atoms with E-state index in [9.17, 15) is 18.0 Å². The normalized spacial score (nSPS) is 22.6. The van der Waals surface area contributed by atoms with Crippen molar-refractivity contribution in [2.45, 2.75) is 49.4 Å². The number of carbonyl (C=O) groups excluding carboxylic acids is 1. The van der Waals surface area contributed by atoms with Crippen molar-refractivity contribution in [3.63, 3.8) is 0 Å². The van der Waals surface area contributed by atoms with E-state index in [1.165, 1.54) is 5.56 Å². The van der Waals surface area contributed by atoms with Gasteiger partial charge in [-0.25, -0.2) is 9.59 Å². The zero-order valence-electron chi connectivity index (χ0n) is 22.1. The molecule has 1 saturated heterocycles. The Balaban J connectivity index is 0.000000470. The number of aromatic nitrogens is 2. The number of anilines is 1. The van der Waals surface area contributed by atoms with E-state index < -0.39 is 12.1 Å². The maximum absolute atomic E-state index is 12.8. The summed E-state index contributed by atoms with van der Waals surface area (Å²) in [7, 11) is 5.53. The Morgan fingerprint density at radius 3 is 2.52 bits per heavy atom. The van der Waals surface area contributed by atoms with E-state index in [0.29, 0.717) is 11.7 Å². The number of ether oxygens (including phenoxy) is 2. The highest BCUT2D eigenvalue weighted by Gasteiger charge is 2.50. The molecule has 3 unspecified atom stereocenters. The van der Waals surface area contributed by atoms with Gasteiger partial charge in [0.25, 0.3) is 0 Å². The van der Waals surface area contributed by atoms with Gasteiger partial charge in [-0.3, -0.25) is 0 Å². The fourth-order valence-corrected chi connectivity index (χ4v) is 6.20. The van der Waals surface area contributed by atoms with Gasteiger partial charge in [-0.05, 0) is 69.1 Å². The molecule has 1 saturated carbocycles. The molecule has 3 atom stereocenters. The summed E-state index contributed by atoms with van der Waals surface area (Å²) in [5.41, 5.74) is 3.56. The number of alkyl halides is 3. The van der Waals surface area contributed by atoms with Crippen molar-refractivity contribution in [3.05, 3.63) is 42.0 Å². The smallest absolute Gasteiger partial charge is 0.490 e. The first-order valence-corrected chi connectivity index (χ1v) is 13.2. The van der Waals surface area contributed by atoms with Crippen molar-refractivity contribution in [2.24, 2.45) is 0 Å². The summed E-state index contributed by atoms with van der Waals surface area (Å²) in [6.07, 6.45) is -1.15. The molecule has 10 nitrogen and oxygen atoms in total. The zero-order valence-corrected chi connectivity index (χ0v) is 22.9. The summed E-state index contributed by atoms with van der Waals surface area (Å²) in [5.74, 6) is -1.24. The molecule has 1 aliphatic heterocycles. The Kier molecular flexibility index (Phi) is 8.68. The number of nitrogens with one attached hydrogen (secondary N) is 2. The Morgan fingerprint density at radius 1 is 1.12 bits per heavy atom. The molecule has 3 N–H and O–H groups in total. The van der Waals surface area contributed by atoms with Crippen LogP contribution in [0.2, 0.25) is 0 Å². The van der Waals surface area contributed by atoms with E-state index in [1.807, 2.05) is 24.3 Å². The topological polar surface area (TPSA) is 126 Å². The third-order valence-electron chi connectivity index (χ3n) is 7.60. The summed E-state index contributed by atoms with van der Waals surface area (Å²) in [6, 6.07) is 12.2. The Labute approximate surface area is 232 Å². The number of benzene rings is 2. The van der Waals surface area contributed by atoms with Crippen LogP contribution in [0, 0.1) is 0 Å². The lowest BCUT2D eigenvalue weighted by Gasteiger charge is -2.45. The number of carboxylic acid groups (broad SMARTS) is 1. The van der Waals surface area contributed by atoms with E-state index in [-0.39, 0.29) is 17.5 Å². The molecule has 1 aromatic heterocycles. The number of halogens is 3. The molecule has 14 heteroatoms. The van der Waals surface area contributed by atoms with Crippen molar-refractivity contribution in [2.75, 3.05) is 33.1 Å². The van der Waals surface area contributed by atoms with Crippen molar-refractivity contribution >= 4 is 40.4 Å². The van der Waals surface area contributed by atoms with E-state index in [1.54, 1.807) is 14.2 Å². The van der Waals surface area contributed by atoms with Crippen LogP contribution in [0.4, 0.5) is 23.7 Å².